The van der Waals surface area contributed by atoms with Crippen molar-refractivity contribution in [1.82, 2.24) is 4.90 Å². The van der Waals surface area contributed by atoms with Crippen molar-refractivity contribution in [3.8, 4) is 0 Å². The number of hydrogen-bond donors (Lipinski definition) is 1. The predicted molar refractivity (Wildman–Crippen MR) is 76.6 cm³/mol. The van der Waals surface area contributed by atoms with E-state index in [1.165, 1.54) is 12.7 Å². The molecule has 0 aliphatic rings. The van der Waals surface area contributed by atoms with Gasteiger partial charge in [-0.25, -0.2) is 0 Å². The minimum absolute atomic E-state index is 0.0656. The number of carbonyl (C=O) groups excluding carboxylic acids is 1. The van der Waals surface area contributed by atoms with Gasteiger partial charge in [0.15, 0.2) is 0 Å². The van der Waals surface area contributed by atoms with E-state index in [0.29, 0.717) is 13.1 Å². The zero-order valence-electron chi connectivity index (χ0n) is 12.0. The van der Waals surface area contributed by atoms with Gasteiger partial charge in [0.05, 0.1) is 7.11 Å². The summed E-state index contributed by atoms with van der Waals surface area (Å²) in [5.74, 6) is -0.223. The zero-order valence-corrected chi connectivity index (χ0v) is 12.0. The molecule has 19 heavy (non-hydrogen) atoms. The Morgan fingerprint density at radius 3 is 2.53 bits per heavy atom. The summed E-state index contributed by atoms with van der Waals surface area (Å²) in [6, 6.07) is 9.85. The second-order valence-corrected chi connectivity index (χ2v) is 4.78. The number of esters is 1. The van der Waals surface area contributed by atoms with Crippen LogP contribution in [0.15, 0.2) is 30.3 Å². The second kappa shape index (κ2) is 7.92. The average Bonchev–Trinajstić information content (AvgIpc) is 2.45. The van der Waals surface area contributed by atoms with Crippen molar-refractivity contribution in [2.75, 3.05) is 13.7 Å². The molecule has 0 aromatic heterocycles. The van der Waals surface area contributed by atoms with E-state index in [9.17, 15) is 4.79 Å². The normalized spacial score (nSPS) is 14.2. The molecule has 0 aliphatic carbocycles. The summed E-state index contributed by atoms with van der Waals surface area (Å²) in [5, 5.41) is 0. The van der Waals surface area contributed by atoms with Crippen molar-refractivity contribution >= 4 is 5.97 Å². The van der Waals surface area contributed by atoms with Gasteiger partial charge in [-0.15, -0.1) is 0 Å². The number of nitrogens with two attached hydrogens (primary N) is 1. The summed E-state index contributed by atoms with van der Waals surface area (Å²) < 4.78 is 4.82. The van der Waals surface area contributed by atoms with E-state index in [1.807, 2.05) is 32.0 Å². The molecule has 0 amide bonds. The van der Waals surface area contributed by atoms with Crippen LogP contribution < -0.4 is 5.73 Å². The number of methoxy groups -OCH3 is 1. The lowest BCUT2D eigenvalue weighted by Crippen LogP contribution is -2.45. The van der Waals surface area contributed by atoms with Crippen LogP contribution in [0.5, 0.6) is 0 Å². The number of nitrogens with zero attached hydrogens (tertiary/aromatic N) is 1. The first kappa shape index (κ1) is 15.7. The van der Waals surface area contributed by atoms with Gasteiger partial charge in [0, 0.05) is 19.1 Å². The second-order valence-electron chi connectivity index (χ2n) is 4.78. The van der Waals surface area contributed by atoms with Crippen molar-refractivity contribution in [1.29, 1.82) is 0 Å². The Morgan fingerprint density at radius 1 is 1.37 bits per heavy atom. The number of ether oxygens (including phenoxy) is 1. The summed E-state index contributed by atoms with van der Waals surface area (Å²) in [5.41, 5.74) is 7.18. The SMILES string of the molecule is CC[C@@H](N)CN(Cc1ccccc1)[C@@H](C)C(=O)OC. The lowest BCUT2D eigenvalue weighted by atomic mass is 10.1. The van der Waals surface area contributed by atoms with Crippen LogP contribution in [0.2, 0.25) is 0 Å². The first-order valence-corrected chi connectivity index (χ1v) is 6.69. The molecule has 0 saturated heterocycles. The molecule has 0 radical (unpaired) electrons. The van der Waals surface area contributed by atoms with E-state index < -0.39 is 0 Å². The zero-order chi connectivity index (χ0) is 14.3. The molecule has 1 aromatic carbocycles. The fraction of sp³-hybridized carbons (Fsp3) is 0.533. The quantitative estimate of drug-likeness (QED) is 0.763. The first-order valence-electron chi connectivity index (χ1n) is 6.69. The minimum atomic E-state index is -0.289. The Bertz CT molecular complexity index is 381. The molecule has 0 heterocycles. The molecule has 1 rings (SSSR count). The third-order valence-corrected chi connectivity index (χ3v) is 3.31. The van der Waals surface area contributed by atoms with Gasteiger partial charge in [-0.2, -0.15) is 0 Å². The lowest BCUT2D eigenvalue weighted by molar-refractivity contribution is -0.146. The minimum Gasteiger partial charge on any atom is -0.468 e. The van der Waals surface area contributed by atoms with Crippen molar-refractivity contribution in [3.05, 3.63) is 35.9 Å². The summed E-state index contributed by atoms with van der Waals surface area (Å²) in [6.07, 6.45) is 0.888. The maximum atomic E-state index is 11.7. The van der Waals surface area contributed by atoms with Crippen LogP contribution >= 0.6 is 0 Å². The number of carbonyl (C=O) groups is 1. The topological polar surface area (TPSA) is 55.6 Å². The van der Waals surface area contributed by atoms with E-state index in [-0.39, 0.29) is 18.1 Å². The largest absolute Gasteiger partial charge is 0.468 e. The highest BCUT2D eigenvalue weighted by molar-refractivity contribution is 5.75. The van der Waals surface area contributed by atoms with Crippen LogP contribution in [0.25, 0.3) is 0 Å². The molecule has 0 unspecified atom stereocenters. The van der Waals surface area contributed by atoms with E-state index in [1.54, 1.807) is 0 Å². The highest BCUT2D eigenvalue weighted by Crippen LogP contribution is 2.10. The summed E-state index contributed by atoms with van der Waals surface area (Å²) in [6.45, 7) is 5.29. The molecular weight excluding hydrogens is 240 g/mol. The molecule has 4 nitrogen and oxygen atoms in total. The van der Waals surface area contributed by atoms with E-state index >= 15 is 0 Å². The number of hydrogen-bond acceptors (Lipinski definition) is 4. The molecule has 0 bridgehead atoms. The Morgan fingerprint density at radius 2 is 2.00 bits per heavy atom. The molecule has 0 saturated carbocycles. The van der Waals surface area contributed by atoms with Gasteiger partial charge in [0.1, 0.15) is 6.04 Å². The molecule has 1 aromatic rings. The number of rotatable bonds is 7. The van der Waals surface area contributed by atoms with Crippen LogP contribution in [0.1, 0.15) is 25.8 Å². The maximum absolute atomic E-state index is 11.7. The summed E-state index contributed by atoms with van der Waals surface area (Å²) in [7, 11) is 1.42. The fourth-order valence-corrected chi connectivity index (χ4v) is 1.93. The summed E-state index contributed by atoms with van der Waals surface area (Å²) in [4.78, 5) is 13.8. The van der Waals surface area contributed by atoms with Gasteiger partial charge in [-0.1, -0.05) is 37.3 Å². The monoisotopic (exact) mass is 264 g/mol. The third-order valence-electron chi connectivity index (χ3n) is 3.31. The molecular formula is C15H24N2O2. The van der Waals surface area contributed by atoms with E-state index in [4.69, 9.17) is 10.5 Å². The van der Waals surface area contributed by atoms with Crippen molar-refractivity contribution in [3.63, 3.8) is 0 Å². The van der Waals surface area contributed by atoms with E-state index in [0.717, 1.165) is 6.42 Å². The van der Waals surface area contributed by atoms with Crippen molar-refractivity contribution < 1.29 is 9.53 Å². The van der Waals surface area contributed by atoms with Crippen LogP contribution in [0.4, 0.5) is 0 Å². The van der Waals surface area contributed by atoms with E-state index in [2.05, 4.69) is 17.0 Å². The highest BCUT2D eigenvalue weighted by atomic mass is 16.5. The van der Waals surface area contributed by atoms with Gasteiger partial charge in [0.25, 0.3) is 0 Å². The molecule has 0 fully saturated rings. The Kier molecular flexibility index (Phi) is 6.53. The molecule has 2 atom stereocenters. The maximum Gasteiger partial charge on any atom is 0.322 e. The van der Waals surface area contributed by atoms with Gasteiger partial charge < -0.3 is 10.5 Å². The van der Waals surface area contributed by atoms with Crippen LogP contribution in [0, 0.1) is 0 Å². The lowest BCUT2D eigenvalue weighted by Gasteiger charge is -2.29. The standard InChI is InChI=1S/C15H24N2O2/c1-4-14(16)11-17(12(2)15(18)19-3)10-13-8-6-5-7-9-13/h5-9,12,14H,4,10-11,16H2,1-3H3/t12-,14+/m0/s1. The Hall–Kier alpha value is -1.39. The molecule has 4 heteroatoms. The third kappa shape index (κ3) is 5.01. The molecule has 106 valence electrons. The smallest absolute Gasteiger partial charge is 0.322 e. The number of benzene rings is 1. The van der Waals surface area contributed by atoms with Gasteiger partial charge >= 0.3 is 5.97 Å². The van der Waals surface area contributed by atoms with Crippen LogP contribution in [-0.4, -0.2) is 36.6 Å². The molecule has 0 spiro atoms. The molecule has 2 N–H and O–H groups in total. The van der Waals surface area contributed by atoms with Gasteiger partial charge in [-0.3, -0.25) is 9.69 Å². The van der Waals surface area contributed by atoms with Crippen LogP contribution in [-0.2, 0) is 16.1 Å². The van der Waals surface area contributed by atoms with Crippen molar-refractivity contribution in [2.24, 2.45) is 5.73 Å². The molecule has 0 aliphatic heterocycles. The van der Waals surface area contributed by atoms with Crippen molar-refractivity contribution in [2.45, 2.75) is 38.9 Å². The van der Waals surface area contributed by atoms with Gasteiger partial charge in [0.2, 0.25) is 0 Å². The summed E-state index contributed by atoms with van der Waals surface area (Å²) >= 11 is 0. The first-order chi connectivity index (χ1) is 9.08. The highest BCUT2D eigenvalue weighted by Gasteiger charge is 2.23. The Balaban J connectivity index is 2.77. The fourth-order valence-electron chi connectivity index (χ4n) is 1.93. The van der Waals surface area contributed by atoms with Crippen LogP contribution in [0.3, 0.4) is 0 Å². The van der Waals surface area contributed by atoms with Gasteiger partial charge in [-0.05, 0) is 18.9 Å². The average molecular weight is 264 g/mol. The predicted octanol–water partition coefficient (Wildman–Crippen LogP) is 1.79. The Labute approximate surface area is 115 Å².